The molecule has 0 amide bonds. The minimum atomic E-state index is -0.129. The van der Waals surface area contributed by atoms with Crippen molar-refractivity contribution in [1.29, 1.82) is 0 Å². The summed E-state index contributed by atoms with van der Waals surface area (Å²) in [4.78, 5) is 19.8. The molecule has 1 unspecified atom stereocenters. The summed E-state index contributed by atoms with van der Waals surface area (Å²) < 4.78 is 11.4. The first-order valence-corrected chi connectivity index (χ1v) is 8.58. The van der Waals surface area contributed by atoms with Crippen LogP contribution in [-0.4, -0.2) is 29.3 Å². The van der Waals surface area contributed by atoms with Gasteiger partial charge in [-0.05, 0) is 30.5 Å². The van der Waals surface area contributed by atoms with Crippen LogP contribution in [0.15, 0.2) is 53.3 Å². The zero-order chi connectivity index (χ0) is 17.1. The number of nitrogens with zero attached hydrogens (tertiary/aromatic N) is 1. The van der Waals surface area contributed by atoms with Crippen LogP contribution in [0.25, 0.3) is 22.3 Å². The molecule has 1 fully saturated rings. The largest absolute Gasteiger partial charge is 0.376 e. The molecule has 1 aliphatic heterocycles. The van der Waals surface area contributed by atoms with Gasteiger partial charge in [0.25, 0.3) is 5.56 Å². The molecule has 0 saturated carbocycles. The van der Waals surface area contributed by atoms with E-state index in [1.54, 1.807) is 6.07 Å². The van der Waals surface area contributed by atoms with Crippen LogP contribution >= 0.6 is 0 Å². The summed E-state index contributed by atoms with van der Waals surface area (Å²) >= 11 is 0. The van der Waals surface area contributed by atoms with Crippen LogP contribution in [0.4, 0.5) is 0 Å². The molecule has 5 heteroatoms. The maximum Gasteiger partial charge on any atom is 0.259 e. The molecule has 1 saturated heterocycles. The second-order valence-electron chi connectivity index (χ2n) is 6.24. The number of H-pyrrole nitrogens is 1. The van der Waals surface area contributed by atoms with Crippen molar-refractivity contribution in [2.24, 2.45) is 0 Å². The van der Waals surface area contributed by atoms with Gasteiger partial charge in [-0.25, -0.2) is 4.98 Å². The number of nitrogens with one attached hydrogen (secondary N) is 1. The van der Waals surface area contributed by atoms with Crippen LogP contribution in [0.1, 0.15) is 18.4 Å². The summed E-state index contributed by atoms with van der Waals surface area (Å²) in [5.74, 6) is 0.569. The molecule has 1 N–H and O–H groups in total. The molecule has 0 aliphatic carbocycles. The lowest BCUT2D eigenvalue weighted by atomic mass is 10.1. The summed E-state index contributed by atoms with van der Waals surface area (Å²) in [6.45, 7) is 1.88. The van der Waals surface area contributed by atoms with E-state index in [1.807, 2.05) is 42.5 Å². The van der Waals surface area contributed by atoms with E-state index < -0.39 is 0 Å². The predicted octanol–water partition coefficient (Wildman–Crippen LogP) is 3.29. The van der Waals surface area contributed by atoms with Gasteiger partial charge in [0.2, 0.25) is 0 Å². The number of hydrogen-bond donors (Lipinski definition) is 1. The average molecular weight is 336 g/mol. The highest BCUT2D eigenvalue weighted by Gasteiger charge is 2.16. The fourth-order valence-electron chi connectivity index (χ4n) is 3.17. The van der Waals surface area contributed by atoms with Gasteiger partial charge in [-0.3, -0.25) is 4.79 Å². The Morgan fingerprint density at radius 1 is 1.16 bits per heavy atom. The SMILES string of the molecule is O=c1[nH]c(-c2ccccc2COCC2CCCO2)nc2ccccc12. The van der Waals surface area contributed by atoms with Crippen LogP contribution in [0, 0.1) is 0 Å². The highest BCUT2D eigenvalue weighted by molar-refractivity contribution is 5.79. The third-order valence-electron chi connectivity index (χ3n) is 4.47. The Morgan fingerprint density at radius 3 is 2.88 bits per heavy atom. The molecule has 128 valence electrons. The summed E-state index contributed by atoms with van der Waals surface area (Å²) in [6.07, 6.45) is 2.36. The van der Waals surface area contributed by atoms with Crippen molar-refractivity contribution in [3.05, 3.63) is 64.4 Å². The summed E-state index contributed by atoms with van der Waals surface area (Å²) in [7, 11) is 0. The Balaban J connectivity index is 1.61. The molecule has 4 rings (SSSR count). The maximum absolute atomic E-state index is 12.3. The zero-order valence-electron chi connectivity index (χ0n) is 13.9. The van der Waals surface area contributed by atoms with Crippen molar-refractivity contribution in [3.63, 3.8) is 0 Å². The van der Waals surface area contributed by atoms with Crippen LogP contribution in [0.3, 0.4) is 0 Å². The summed E-state index contributed by atoms with van der Waals surface area (Å²) in [5, 5.41) is 0.596. The molecular formula is C20H20N2O3. The van der Waals surface area contributed by atoms with E-state index in [9.17, 15) is 4.79 Å². The first kappa shape index (κ1) is 16.0. The first-order chi connectivity index (χ1) is 12.3. The standard InChI is InChI=1S/C20H20N2O3/c23-20-17-9-3-4-10-18(17)21-19(22-20)16-8-2-1-6-14(16)12-24-13-15-7-5-11-25-15/h1-4,6,8-10,15H,5,7,11-13H2,(H,21,22,23). The number of aromatic nitrogens is 2. The third-order valence-corrected chi connectivity index (χ3v) is 4.47. The number of rotatable bonds is 5. The summed E-state index contributed by atoms with van der Waals surface area (Å²) in [6, 6.07) is 15.2. The Hall–Kier alpha value is -2.50. The van der Waals surface area contributed by atoms with Gasteiger partial charge in [-0.2, -0.15) is 0 Å². The van der Waals surface area contributed by atoms with E-state index >= 15 is 0 Å². The molecule has 0 radical (unpaired) electrons. The molecule has 2 heterocycles. The van der Waals surface area contributed by atoms with Crippen molar-refractivity contribution in [2.45, 2.75) is 25.6 Å². The smallest absolute Gasteiger partial charge is 0.259 e. The maximum atomic E-state index is 12.3. The van der Waals surface area contributed by atoms with Crippen molar-refractivity contribution >= 4 is 10.9 Å². The van der Waals surface area contributed by atoms with E-state index in [0.717, 1.165) is 30.6 Å². The van der Waals surface area contributed by atoms with Gasteiger partial charge < -0.3 is 14.5 Å². The topological polar surface area (TPSA) is 64.2 Å². The Kier molecular flexibility index (Phi) is 4.59. The number of aromatic amines is 1. The van der Waals surface area contributed by atoms with Gasteiger partial charge in [-0.15, -0.1) is 0 Å². The quantitative estimate of drug-likeness (QED) is 0.776. The van der Waals surface area contributed by atoms with Crippen molar-refractivity contribution in [2.75, 3.05) is 13.2 Å². The van der Waals surface area contributed by atoms with Gasteiger partial charge >= 0.3 is 0 Å². The second-order valence-corrected chi connectivity index (χ2v) is 6.24. The molecule has 1 aliphatic rings. The number of para-hydroxylation sites is 1. The number of fused-ring (bicyclic) bond motifs is 1. The summed E-state index contributed by atoms with van der Waals surface area (Å²) in [5.41, 5.74) is 2.45. The van der Waals surface area contributed by atoms with Crippen LogP contribution < -0.4 is 5.56 Å². The van der Waals surface area contributed by atoms with Gasteiger partial charge in [0.1, 0.15) is 5.82 Å². The van der Waals surface area contributed by atoms with E-state index in [-0.39, 0.29) is 11.7 Å². The zero-order valence-corrected chi connectivity index (χ0v) is 13.9. The molecule has 2 aromatic carbocycles. The van der Waals surface area contributed by atoms with Crippen molar-refractivity contribution in [3.8, 4) is 11.4 Å². The van der Waals surface area contributed by atoms with Gasteiger partial charge in [0, 0.05) is 12.2 Å². The van der Waals surface area contributed by atoms with Crippen molar-refractivity contribution < 1.29 is 9.47 Å². The monoisotopic (exact) mass is 336 g/mol. The minimum absolute atomic E-state index is 0.129. The number of ether oxygens (including phenoxy) is 2. The first-order valence-electron chi connectivity index (χ1n) is 8.58. The molecule has 3 aromatic rings. The molecule has 5 nitrogen and oxygen atoms in total. The van der Waals surface area contributed by atoms with Crippen LogP contribution in [0.2, 0.25) is 0 Å². The average Bonchev–Trinajstić information content (AvgIpc) is 3.16. The van der Waals surface area contributed by atoms with E-state index in [0.29, 0.717) is 29.9 Å². The normalized spacial score (nSPS) is 17.2. The Bertz CT molecular complexity index is 929. The Labute approximate surface area is 145 Å². The minimum Gasteiger partial charge on any atom is -0.376 e. The van der Waals surface area contributed by atoms with E-state index in [2.05, 4.69) is 9.97 Å². The van der Waals surface area contributed by atoms with Gasteiger partial charge in [0.15, 0.2) is 0 Å². The highest BCUT2D eigenvalue weighted by atomic mass is 16.5. The lowest BCUT2D eigenvalue weighted by molar-refractivity contribution is 0.0107. The van der Waals surface area contributed by atoms with Crippen LogP contribution in [0.5, 0.6) is 0 Å². The lowest BCUT2D eigenvalue weighted by Gasteiger charge is -2.13. The molecular weight excluding hydrogens is 316 g/mol. The highest BCUT2D eigenvalue weighted by Crippen LogP contribution is 2.22. The fourth-order valence-corrected chi connectivity index (χ4v) is 3.17. The molecule has 1 aromatic heterocycles. The van der Waals surface area contributed by atoms with E-state index in [1.165, 1.54) is 0 Å². The van der Waals surface area contributed by atoms with E-state index in [4.69, 9.17) is 9.47 Å². The molecule has 0 bridgehead atoms. The third kappa shape index (κ3) is 3.48. The molecule has 0 spiro atoms. The molecule has 1 atom stereocenters. The predicted molar refractivity (Wildman–Crippen MR) is 96.4 cm³/mol. The van der Waals surface area contributed by atoms with Gasteiger partial charge in [0.05, 0.1) is 30.2 Å². The fraction of sp³-hybridized carbons (Fsp3) is 0.300. The van der Waals surface area contributed by atoms with Gasteiger partial charge in [-0.1, -0.05) is 36.4 Å². The Morgan fingerprint density at radius 2 is 2.00 bits per heavy atom. The molecule has 25 heavy (non-hydrogen) atoms. The number of benzene rings is 2. The lowest BCUT2D eigenvalue weighted by Crippen LogP contribution is -2.14. The second kappa shape index (κ2) is 7.17. The van der Waals surface area contributed by atoms with Crippen LogP contribution in [-0.2, 0) is 16.1 Å². The van der Waals surface area contributed by atoms with Crippen molar-refractivity contribution in [1.82, 2.24) is 9.97 Å². The number of hydrogen-bond acceptors (Lipinski definition) is 4.